The number of carbonyl (C=O) groups excluding carboxylic acids is 2. The first-order valence-electron chi connectivity index (χ1n) is 8.84. The first-order chi connectivity index (χ1) is 14.4. The Hall–Kier alpha value is -3.62. The zero-order valence-corrected chi connectivity index (χ0v) is 17.5. The number of methoxy groups -OCH3 is 6. The Bertz CT molecular complexity index is 997. The summed E-state index contributed by atoms with van der Waals surface area (Å²) in [7, 11) is 8.53. The Balaban J connectivity index is 2.24. The molecule has 0 bridgehead atoms. The van der Waals surface area contributed by atoms with Crippen LogP contribution in [0.3, 0.4) is 0 Å². The van der Waals surface area contributed by atoms with Gasteiger partial charge in [-0.05, 0) is 12.1 Å². The number of ketones is 1. The van der Waals surface area contributed by atoms with Crippen molar-refractivity contribution < 1.29 is 42.7 Å². The second-order valence-corrected chi connectivity index (χ2v) is 6.19. The third-order valence-electron chi connectivity index (χ3n) is 4.78. The van der Waals surface area contributed by atoms with Crippen LogP contribution < -0.4 is 33.2 Å². The van der Waals surface area contributed by atoms with Crippen molar-refractivity contribution in [2.45, 2.75) is 5.92 Å². The molecule has 2 aromatic carbocycles. The van der Waals surface area contributed by atoms with Crippen LogP contribution in [0, 0.1) is 0 Å². The number of ether oxygens (including phenoxy) is 7. The largest absolute Gasteiger partial charge is 0.497 e. The van der Waals surface area contributed by atoms with Gasteiger partial charge in [0.15, 0.2) is 28.8 Å². The van der Waals surface area contributed by atoms with Crippen LogP contribution in [0.1, 0.15) is 21.8 Å². The SMILES string of the molecule is COc1cc(OC)c(OC)c(C2C(=O)Oc3c(cc(OC)c(OC)c3OC)C2=O)c1. The highest BCUT2D eigenvalue weighted by molar-refractivity contribution is 6.18. The Morgan fingerprint density at radius 2 is 1.30 bits per heavy atom. The summed E-state index contributed by atoms with van der Waals surface area (Å²) in [6, 6.07) is 4.57. The minimum Gasteiger partial charge on any atom is -0.497 e. The van der Waals surface area contributed by atoms with Crippen LogP contribution >= 0.6 is 0 Å². The molecule has 0 aromatic heterocycles. The van der Waals surface area contributed by atoms with Crippen molar-refractivity contribution in [2.24, 2.45) is 0 Å². The van der Waals surface area contributed by atoms with Gasteiger partial charge in [0.05, 0.1) is 48.2 Å². The fourth-order valence-corrected chi connectivity index (χ4v) is 3.40. The second kappa shape index (κ2) is 8.40. The van der Waals surface area contributed by atoms with Crippen molar-refractivity contribution in [3.05, 3.63) is 29.3 Å². The lowest BCUT2D eigenvalue weighted by molar-refractivity contribution is -0.135. The number of benzene rings is 2. The summed E-state index contributed by atoms with van der Waals surface area (Å²) in [4.78, 5) is 26.4. The zero-order valence-electron chi connectivity index (χ0n) is 17.5. The molecule has 30 heavy (non-hydrogen) atoms. The van der Waals surface area contributed by atoms with E-state index in [1.54, 1.807) is 6.07 Å². The van der Waals surface area contributed by atoms with Crippen molar-refractivity contribution in [1.29, 1.82) is 0 Å². The normalized spacial score (nSPS) is 15.1. The molecule has 0 radical (unpaired) electrons. The van der Waals surface area contributed by atoms with Gasteiger partial charge >= 0.3 is 5.97 Å². The maximum atomic E-state index is 13.4. The standard InChI is InChI=1S/C21H22O9/c1-24-10-7-11(17(27-4)13(8-10)25-2)15-16(22)12-9-14(26-3)19(28-5)20(29-6)18(12)30-21(15)23/h7-9,15H,1-6H3. The molecule has 9 heteroatoms. The molecule has 0 spiro atoms. The van der Waals surface area contributed by atoms with E-state index in [0.29, 0.717) is 11.5 Å². The number of rotatable bonds is 7. The molecule has 1 unspecified atom stereocenters. The molecule has 0 saturated heterocycles. The van der Waals surface area contributed by atoms with Gasteiger partial charge in [-0.3, -0.25) is 9.59 Å². The number of hydrogen-bond donors (Lipinski definition) is 0. The molecule has 9 nitrogen and oxygen atoms in total. The van der Waals surface area contributed by atoms with E-state index in [1.165, 1.54) is 54.8 Å². The number of fused-ring (bicyclic) bond motifs is 1. The van der Waals surface area contributed by atoms with E-state index in [9.17, 15) is 9.59 Å². The van der Waals surface area contributed by atoms with Crippen LogP contribution in [-0.4, -0.2) is 54.4 Å². The summed E-state index contributed by atoms with van der Waals surface area (Å²) in [6.45, 7) is 0. The van der Waals surface area contributed by atoms with Crippen molar-refractivity contribution in [3.63, 3.8) is 0 Å². The number of Topliss-reactive ketones (excluding diaryl/α,β-unsaturated/α-hetero) is 1. The number of carbonyl (C=O) groups is 2. The van der Waals surface area contributed by atoms with Gasteiger partial charge in [0, 0.05) is 11.6 Å². The lowest BCUT2D eigenvalue weighted by Gasteiger charge is -2.27. The average molecular weight is 418 g/mol. The fourth-order valence-electron chi connectivity index (χ4n) is 3.40. The van der Waals surface area contributed by atoms with Gasteiger partial charge in [0.1, 0.15) is 11.7 Å². The van der Waals surface area contributed by atoms with Crippen molar-refractivity contribution >= 4 is 11.8 Å². The van der Waals surface area contributed by atoms with Gasteiger partial charge in [-0.25, -0.2) is 0 Å². The van der Waals surface area contributed by atoms with Gasteiger partial charge in [0.2, 0.25) is 11.5 Å². The quantitative estimate of drug-likeness (QED) is 0.382. The maximum absolute atomic E-state index is 13.4. The molecule has 1 aliphatic heterocycles. The number of esters is 1. The highest BCUT2D eigenvalue weighted by Gasteiger charge is 2.43. The van der Waals surface area contributed by atoms with Crippen LogP contribution in [0.5, 0.6) is 40.2 Å². The molecule has 3 rings (SSSR count). The summed E-state index contributed by atoms with van der Waals surface area (Å²) >= 11 is 0. The molecule has 0 saturated carbocycles. The molecule has 1 atom stereocenters. The predicted molar refractivity (Wildman–Crippen MR) is 105 cm³/mol. The van der Waals surface area contributed by atoms with Gasteiger partial charge in [-0.15, -0.1) is 0 Å². The molecule has 0 N–H and O–H groups in total. The average Bonchev–Trinajstić information content (AvgIpc) is 2.77. The van der Waals surface area contributed by atoms with Gasteiger partial charge in [-0.2, -0.15) is 0 Å². The Morgan fingerprint density at radius 3 is 1.83 bits per heavy atom. The Kier molecular flexibility index (Phi) is 5.91. The molecular formula is C21H22O9. The first-order valence-corrected chi connectivity index (χ1v) is 8.84. The molecule has 0 amide bonds. The highest BCUT2D eigenvalue weighted by Crippen LogP contribution is 2.51. The lowest BCUT2D eigenvalue weighted by Crippen LogP contribution is -2.32. The first kappa shape index (κ1) is 21.1. The fraction of sp³-hybridized carbons (Fsp3) is 0.333. The van der Waals surface area contributed by atoms with Crippen LogP contribution in [0.15, 0.2) is 18.2 Å². The van der Waals surface area contributed by atoms with Gasteiger partial charge < -0.3 is 33.2 Å². The van der Waals surface area contributed by atoms with E-state index in [4.69, 9.17) is 33.2 Å². The monoisotopic (exact) mass is 418 g/mol. The van der Waals surface area contributed by atoms with E-state index in [2.05, 4.69) is 0 Å². The summed E-state index contributed by atoms with van der Waals surface area (Å²) in [5, 5.41) is 0. The molecular weight excluding hydrogens is 396 g/mol. The molecule has 1 heterocycles. The Morgan fingerprint density at radius 1 is 0.700 bits per heavy atom. The van der Waals surface area contributed by atoms with E-state index in [1.807, 2.05) is 0 Å². The van der Waals surface area contributed by atoms with Crippen LogP contribution in [0.25, 0.3) is 0 Å². The van der Waals surface area contributed by atoms with Crippen molar-refractivity contribution in [2.75, 3.05) is 42.7 Å². The van der Waals surface area contributed by atoms with E-state index < -0.39 is 17.7 Å². The summed E-state index contributed by atoms with van der Waals surface area (Å²) in [5.74, 6) is -1.18. The molecule has 1 aliphatic rings. The van der Waals surface area contributed by atoms with Crippen LogP contribution in [0.4, 0.5) is 0 Å². The summed E-state index contributed by atoms with van der Waals surface area (Å²) < 4.78 is 37.5. The zero-order chi connectivity index (χ0) is 22.0. The smallest absolute Gasteiger partial charge is 0.327 e. The summed E-state index contributed by atoms with van der Waals surface area (Å²) in [5.41, 5.74) is 0.362. The van der Waals surface area contributed by atoms with Gasteiger partial charge in [-0.1, -0.05) is 0 Å². The van der Waals surface area contributed by atoms with Gasteiger partial charge in [0.25, 0.3) is 0 Å². The predicted octanol–water partition coefficient (Wildman–Crippen LogP) is 2.62. The van der Waals surface area contributed by atoms with E-state index >= 15 is 0 Å². The Labute approximate surface area is 173 Å². The molecule has 160 valence electrons. The highest BCUT2D eigenvalue weighted by atomic mass is 16.6. The van der Waals surface area contributed by atoms with Crippen LogP contribution in [0.2, 0.25) is 0 Å². The maximum Gasteiger partial charge on any atom is 0.327 e. The topological polar surface area (TPSA) is 98.8 Å². The minimum atomic E-state index is -1.31. The second-order valence-electron chi connectivity index (χ2n) is 6.19. The van der Waals surface area contributed by atoms with E-state index in [0.717, 1.165) is 0 Å². The summed E-state index contributed by atoms with van der Waals surface area (Å²) in [6.07, 6.45) is 0. The minimum absolute atomic E-state index is 0.0322. The van der Waals surface area contributed by atoms with Crippen molar-refractivity contribution in [1.82, 2.24) is 0 Å². The molecule has 2 aromatic rings. The molecule has 0 aliphatic carbocycles. The third-order valence-corrected chi connectivity index (χ3v) is 4.78. The van der Waals surface area contributed by atoms with Crippen molar-refractivity contribution in [3.8, 4) is 40.2 Å². The third kappa shape index (κ3) is 3.22. The molecule has 0 fully saturated rings. The van der Waals surface area contributed by atoms with Crippen LogP contribution in [-0.2, 0) is 4.79 Å². The van der Waals surface area contributed by atoms with E-state index in [-0.39, 0.29) is 39.9 Å². The lowest BCUT2D eigenvalue weighted by atomic mass is 9.87. The number of hydrogen-bond acceptors (Lipinski definition) is 9.